The molecule has 0 aliphatic carbocycles. The number of carbonyl (C=O) groups excluding carboxylic acids is 1. The zero-order valence-corrected chi connectivity index (χ0v) is 16.0. The molecule has 3 aromatic rings. The van der Waals surface area contributed by atoms with E-state index in [0.29, 0.717) is 35.4 Å². The van der Waals surface area contributed by atoms with E-state index in [1.165, 1.54) is 0 Å². The standard InChI is InChI=1S/C22H21NO5/c1-13-4-9-17-16(12-13)20(24)18-19(14-5-7-15(27-3)8-6-14)23(10-11-26-2)22(25)21(18)28-17/h4-9,12,19H,10-11H2,1-3H3. The van der Waals surface area contributed by atoms with Gasteiger partial charge in [0.25, 0.3) is 5.91 Å². The Kier molecular flexibility index (Phi) is 4.65. The zero-order valence-electron chi connectivity index (χ0n) is 16.0. The number of hydrogen-bond acceptors (Lipinski definition) is 5. The summed E-state index contributed by atoms with van der Waals surface area (Å²) in [6.45, 7) is 2.63. The highest BCUT2D eigenvalue weighted by Crippen LogP contribution is 2.38. The van der Waals surface area contributed by atoms with E-state index in [0.717, 1.165) is 11.1 Å². The number of nitrogens with zero attached hydrogens (tertiary/aromatic N) is 1. The van der Waals surface area contributed by atoms with Crippen molar-refractivity contribution >= 4 is 16.9 Å². The second kappa shape index (κ2) is 7.13. The molecule has 144 valence electrons. The lowest BCUT2D eigenvalue weighted by molar-refractivity contribution is 0.0663. The molecule has 4 rings (SSSR count). The monoisotopic (exact) mass is 379 g/mol. The van der Waals surface area contributed by atoms with Crippen molar-refractivity contribution in [1.82, 2.24) is 4.90 Å². The van der Waals surface area contributed by atoms with E-state index in [9.17, 15) is 9.59 Å². The molecular weight excluding hydrogens is 358 g/mol. The first-order chi connectivity index (χ1) is 13.5. The maximum absolute atomic E-state index is 13.3. The maximum Gasteiger partial charge on any atom is 0.290 e. The number of benzene rings is 2. The lowest BCUT2D eigenvalue weighted by atomic mass is 9.98. The van der Waals surface area contributed by atoms with Gasteiger partial charge in [-0.15, -0.1) is 0 Å². The highest BCUT2D eigenvalue weighted by atomic mass is 16.5. The molecule has 0 saturated heterocycles. The summed E-state index contributed by atoms with van der Waals surface area (Å²) in [6.07, 6.45) is 0. The number of fused-ring (bicyclic) bond motifs is 2. The van der Waals surface area contributed by atoms with Crippen LogP contribution in [-0.4, -0.2) is 38.2 Å². The molecule has 0 radical (unpaired) electrons. The van der Waals surface area contributed by atoms with Crippen LogP contribution in [0.15, 0.2) is 51.7 Å². The molecule has 6 nitrogen and oxygen atoms in total. The summed E-state index contributed by atoms with van der Waals surface area (Å²) in [5.74, 6) is 0.517. The van der Waals surface area contributed by atoms with Crippen molar-refractivity contribution in [2.24, 2.45) is 0 Å². The third kappa shape index (κ3) is 2.86. The zero-order chi connectivity index (χ0) is 19.8. The third-order valence-electron chi connectivity index (χ3n) is 5.09. The van der Waals surface area contributed by atoms with Gasteiger partial charge in [0.15, 0.2) is 5.43 Å². The fourth-order valence-corrected chi connectivity index (χ4v) is 3.69. The molecule has 2 aromatic carbocycles. The molecule has 0 fully saturated rings. The van der Waals surface area contributed by atoms with E-state index < -0.39 is 6.04 Å². The van der Waals surface area contributed by atoms with Gasteiger partial charge < -0.3 is 18.8 Å². The van der Waals surface area contributed by atoms with Crippen molar-refractivity contribution in [1.29, 1.82) is 0 Å². The second-order valence-corrected chi connectivity index (χ2v) is 6.84. The summed E-state index contributed by atoms with van der Waals surface area (Å²) in [5.41, 5.74) is 2.41. The molecule has 0 saturated carbocycles. The maximum atomic E-state index is 13.3. The number of rotatable bonds is 5. The van der Waals surface area contributed by atoms with Crippen molar-refractivity contribution in [2.75, 3.05) is 27.4 Å². The molecule has 28 heavy (non-hydrogen) atoms. The van der Waals surface area contributed by atoms with Gasteiger partial charge in [-0.25, -0.2) is 0 Å². The van der Waals surface area contributed by atoms with Gasteiger partial charge in [-0.2, -0.15) is 0 Å². The van der Waals surface area contributed by atoms with Crippen LogP contribution < -0.4 is 10.2 Å². The quantitative estimate of drug-likeness (QED) is 0.680. The van der Waals surface area contributed by atoms with Crippen LogP contribution in [0.4, 0.5) is 0 Å². The minimum absolute atomic E-state index is 0.110. The molecule has 1 aliphatic heterocycles. The van der Waals surface area contributed by atoms with Gasteiger partial charge in [0.2, 0.25) is 5.76 Å². The van der Waals surface area contributed by atoms with Crippen molar-refractivity contribution in [3.8, 4) is 5.75 Å². The van der Waals surface area contributed by atoms with Crippen LogP contribution in [0.5, 0.6) is 5.75 Å². The average Bonchev–Trinajstić information content (AvgIpc) is 2.99. The molecule has 1 amide bonds. The first kappa shape index (κ1) is 18.3. The number of amides is 1. The Morgan fingerprint density at radius 2 is 1.82 bits per heavy atom. The fraction of sp³-hybridized carbons (Fsp3) is 0.273. The van der Waals surface area contributed by atoms with Gasteiger partial charge in [-0.3, -0.25) is 9.59 Å². The summed E-state index contributed by atoms with van der Waals surface area (Å²) in [6, 6.07) is 12.2. The predicted octanol–water partition coefficient (Wildman–Crippen LogP) is 3.30. The van der Waals surface area contributed by atoms with Crippen LogP contribution in [0, 0.1) is 6.92 Å². The van der Waals surface area contributed by atoms with Crippen LogP contribution in [0.2, 0.25) is 0 Å². The molecule has 0 spiro atoms. The van der Waals surface area contributed by atoms with E-state index in [1.807, 2.05) is 37.3 Å². The van der Waals surface area contributed by atoms with E-state index >= 15 is 0 Å². The summed E-state index contributed by atoms with van der Waals surface area (Å²) in [4.78, 5) is 28.1. The highest BCUT2D eigenvalue weighted by Gasteiger charge is 2.42. The van der Waals surface area contributed by atoms with E-state index in [2.05, 4.69) is 0 Å². The van der Waals surface area contributed by atoms with Gasteiger partial charge in [-0.05, 0) is 36.8 Å². The van der Waals surface area contributed by atoms with Crippen molar-refractivity contribution in [2.45, 2.75) is 13.0 Å². The Bertz CT molecular complexity index is 1100. The topological polar surface area (TPSA) is 69.0 Å². The summed E-state index contributed by atoms with van der Waals surface area (Å²) < 4.78 is 16.3. The number of hydrogen-bond donors (Lipinski definition) is 0. The van der Waals surface area contributed by atoms with E-state index in [1.54, 1.807) is 31.3 Å². The Balaban J connectivity index is 1.94. The number of aryl methyl sites for hydroxylation is 1. The lowest BCUT2D eigenvalue weighted by Crippen LogP contribution is -2.32. The van der Waals surface area contributed by atoms with Gasteiger partial charge in [0.1, 0.15) is 11.3 Å². The normalized spacial score (nSPS) is 15.9. The largest absolute Gasteiger partial charge is 0.497 e. The molecule has 1 atom stereocenters. The minimum Gasteiger partial charge on any atom is -0.497 e. The fourth-order valence-electron chi connectivity index (χ4n) is 3.69. The molecule has 0 bridgehead atoms. The first-order valence-corrected chi connectivity index (χ1v) is 9.06. The molecule has 6 heteroatoms. The smallest absolute Gasteiger partial charge is 0.290 e. The van der Waals surface area contributed by atoms with E-state index in [4.69, 9.17) is 13.9 Å². The van der Waals surface area contributed by atoms with Crippen molar-refractivity contribution in [3.63, 3.8) is 0 Å². The Morgan fingerprint density at radius 1 is 1.07 bits per heavy atom. The van der Waals surface area contributed by atoms with Crippen molar-refractivity contribution < 1.29 is 18.7 Å². The lowest BCUT2D eigenvalue weighted by Gasteiger charge is -2.24. The Hall–Kier alpha value is -3.12. The van der Waals surface area contributed by atoms with Crippen LogP contribution in [-0.2, 0) is 4.74 Å². The van der Waals surface area contributed by atoms with Gasteiger partial charge in [0, 0.05) is 13.7 Å². The molecule has 1 aliphatic rings. The van der Waals surface area contributed by atoms with Gasteiger partial charge in [-0.1, -0.05) is 23.8 Å². The van der Waals surface area contributed by atoms with E-state index in [-0.39, 0.29) is 17.1 Å². The highest BCUT2D eigenvalue weighted by molar-refractivity contribution is 5.99. The molecule has 1 unspecified atom stereocenters. The van der Waals surface area contributed by atoms with Crippen LogP contribution in [0.1, 0.15) is 33.3 Å². The molecule has 0 N–H and O–H groups in total. The first-order valence-electron chi connectivity index (χ1n) is 9.06. The van der Waals surface area contributed by atoms with Gasteiger partial charge in [0.05, 0.1) is 30.7 Å². The van der Waals surface area contributed by atoms with Gasteiger partial charge >= 0.3 is 0 Å². The minimum atomic E-state index is -0.523. The predicted molar refractivity (Wildman–Crippen MR) is 105 cm³/mol. The number of methoxy groups -OCH3 is 2. The van der Waals surface area contributed by atoms with Crippen molar-refractivity contribution in [3.05, 3.63) is 75.1 Å². The Morgan fingerprint density at radius 3 is 2.50 bits per heavy atom. The third-order valence-corrected chi connectivity index (χ3v) is 5.09. The summed E-state index contributed by atoms with van der Waals surface area (Å²) >= 11 is 0. The van der Waals surface area contributed by atoms with Crippen LogP contribution >= 0.6 is 0 Å². The number of carbonyl (C=O) groups is 1. The number of ether oxygens (including phenoxy) is 2. The molecular formula is C22H21NO5. The van der Waals surface area contributed by atoms with Crippen LogP contribution in [0.3, 0.4) is 0 Å². The SMILES string of the molecule is COCCN1C(=O)c2oc3ccc(C)cc3c(=O)c2C1c1ccc(OC)cc1. The molecule has 1 aromatic heterocycles. The second-order valence-electron chi connectivity index (χ2n) is 6.84. The Labute approximate surface area is 162 Å². The molecule has 2 heterocycles. The summed E-state index contributed by atoms with van der Waals surface area (Å²) in [7, 11) is 3.17. The summed E-state index contributed by atoms with van der Waals surface area (Å²) in [5, 5.41) is 0.485. The average molecular weight is 379 g/mol. The van der Waals surface area contributed by atoms with Crippen LogP contribution in [0.25, 0.3) is 11.0 Å².